The standard InChI is InChI=1S/C19H18ClF3N2O/c1-12(25-9-8-13-4-2-3-5-14(13)11-25)18(26)24-17-7-6-15(20)10-16(17)19(21,22)23/h2-7,10,12H,8-9,11H2,1H3,(H,24,26)/p+1/t12-/m1/s1. The first-order valence-corrected chi connectivity index (χ1v) is 8.72. The summed E-state index contributed by atoms with van der Waals surface area (Å²) in [5, 5.41) is 2.40. The summed E-state index contributed by atoms with van der Waals surface area (Å²) in [6, 6.07) is 10.9. The maximum atomic E-state index is 13.2. The van der Waals surface area contributed by atoms with Gasteiger partial charge in [0.2, 0.25) is 0 Å². The van der Waals surface area contributed by atoms with Crippen LogP contribution in [0, 0.1) is 0 Å². The van der Waals surface area contributed by atoms with Crippen molar-refractivity contribution in [3.63, 3.8) is 0 Å². The van der Waals surface area contributed by atoms with Crippen LogP contribution in [0.3, 0.4) is 0 Å². The number of hydrogen-bond donors (Lipinski definition) is 2. The van der Waals surface area contributed by atoms with Crippen LogP contribution in [0.15, 0.2) is 42.5 Å². The summed E-state index contributed by atoms with van der Waals surface area (Å²) in [7, 11) is 0. The van der Waals surface area contributed by atoms with Gasteiger partial charge in [-0.25, -0.2) is 0 Å². The third-order valence-electron chi connectivity index (χ3n) is 4.80. The van der Waals surface area contributed by atoms with Gasteiger partial charge in [-0.3, -0.25) is 4.79 Å². The summed E-state index contributed by atoms with van der Waals surface area (Å²) < 4.78 is 39.6. The van der Waals surface area contributed by atoms with Crippen LogP contribution in [0.2, 0.25) is 5.02 Å². The van der Waals surface area contributed by atoms with E-state index in [0.717, 1.165) is 23.9 Å². The second kappa shape index (κ2) is 7.29. The van der Waals surface area contributed by atoms with Gasteiger partial charge in [0, 0.05) is 17.0 Å². The van der Waals surface area contributed by atoms with E-state index in [1.807, 2.05) is 18.2 Å². The number of halogens is 4. The van der Waals surface area contributed by atoms with Crippen molar-refractivity contribution in [2.24, 2.45) is 0 Å². The van der Waals surface area contributed by atoms with E-state index >= 15 is 0 Å². The second-order valence-electron chi connectivity index (χ2n) is 6.50. The lowest BCUT2D eigenvalue weighted by molar-refractivity contribution is -0.929. The van der Waals surface area contributed by atoms with Gasteiger partial charge in [-0.1, -0.05) is 35.9 Å². The molecule has 2 aromatic rings. The fourth-order valence-corrected chi connectivity index (χ4v) is 3.43. The zero-order chi connectivity index (χ0) is 18.9. The van der Waals surface area contributed by atoms with E-state index in [1.54, 1.807) is 6.92 Å². The molecule has 0 spiro atoms. The van der Waals surface area contributed by atoms with E-state index in [9.17, 15) is 18.0 Å². The summed E-state index contributed by atoms with van der Waals surface area (Å²) in [4.78, 5) is 13.6. The van der Waals surface area contributed by atoms with Gasteiger partial charge in [-0.15, -0.1) is 0 Å². The number of carbonyl (C=O) groups excluding carboxylic acids is 1. The van der Waals surface area contributed by atoms with Gasteiger partial charge in [0.15, 0.2) is 6.04 Å². The molecule has 1 amide bonds. The Kier molecular flexibility index (Phi) is 5.25. The summed E-state index contributed by atoms with van der Waals surface area (Å²) in [5.74, 6) is -0.438. The molecule has 1 aliphatic rings. The molecular weight excluding hydrogens is 365 g/mol. The molecule has 3 rings (SSSR count). The van der Waals surface area contributed by atoms with Crippen LogP contribution in [0.1, 0.15) is 23.6 Å². The summed E-state index contributed by atoms with van der Waals surface area (Å²) in [6.45, 7) is 3.18. The van der Waals surface area contributed by atoms with Gasteiger partial charge >= 0.3 is 6.18 Å². The Morgan fingerprint density at radius 1 is 1.19 bits per heavy atom. The maximum Gasteiger partial charge on any atom is 0.418 e. The minimum atomic E-state index is -4.59. The van der Waals surface area contributed by atoms with Crippen LogP contribution in [0.25, 0.3) is 0 Å². The molecule has 26 heavy (non-hydrogen) atoms. The Hall–Kier alpha value is -2.05. The van der Waals surface area contributed by atoms with Crippen LogP contribution in [0.5, 0.6) is 0 Å². The second-order valence-corrected chi connectivity index (χ2v) is 6.94. The van der Waals surface area contributed by atoms with Crippen molar-refractivity contribution >= 4 is 23.2 Å². The van der Waals surface area contributed by atoms with E-state index in [0.29, 0.717) is 6.54 Å². The number of carbonyl (C=O) groups is 1. The Bertz CT molecular complexity index is 823. The largest absolute Gasteiger partial charge is 0.418 e. The van der Waals surface area contributed by atoms with Crippen molar-refractivity contribution in [1.82, 2.24) is 0 Å². The molecule has 3 nitrogen and oxygen atoms in total. The van der Waals surface area contributed by atoms with E-state index in [2.05, 4.69) is 11.4 Å². The van der Waals surface area contributed by atoms with Crippen molar-refractivity contribution in [2.75, 3.05) is 11.9 Å². The molecular formula is C19H19ClF3N2O+. The molecule has 138 valence electrons. The Morgan fingerprint density at radius 3 is 2.58 bits per heavy atom. The van der Waals surface area contributed by atoms with Gasteiger partial charge < -0.3 is 10.2 Å². The third-order valence-corrected chi connectivity index (χ3v) is 5.04. The highest BCUT2D eigenvalue weighted by Crippen LogP contribution is 2.36. The van der Waals surface area contributed by atoms with E-state index < -0.39 is 23.7 Å². The number of alkyl halides is 3. The SMILES string of the molecule is C[C@H](C(=O)Nc1ccc(Cl)cc1C(F)(F)F)[NH+]1CCc2ccccc2C1. The smallest absolute Gasteiger partial charge is 0.321 e. The van der Waals surface area contributed by atoms with E-state index in [-0.39, 0.29) is 10.7 Å². The van der Waals surface area contributed by atoms with E-state index in [1.165, 1.54) is 23.3 Å². The van der Waals surface area contributed by atoms with Crippen LogP contribution >= 0.6 is 11.6 Å². The van der Waals surface area contributed by atoms with Gasteiger partial charge in [0.1, 0.15) is 6.54 Å². The number of anilines is 1. The van der Waals surface area contributed by atoms with Crippen LogP contribution in [0.4, 0.5) is 18.9 Å². The first kappa shape index (κ1) is 18.7. The zero-order valence-corrected chi connectivity index (χ0v) is 14.9. The first-order valence-electron chi connectivity index (χ1n) is 8.34. The lowest BCUT2D eigenvalue weighted by atomic mass is 9.98. The van der Waals surface area contributed by atoms with Crippen molar-refractivity contribution < 1.29 is 22.9 Å². The average molecular weight is 384 g/mol. The van der Waals surface area contributed by atoms with Gasteiger partial charge in [-0.2, -0.15) is 13.2 Å². The molecule has 0 radical (unpaired) electrons. The van der Waals surface area contributed by atoms with Crippen LogP contribution in [-0.2, 0) is 23.9 Å². The Labute approximate surface area is 154 Å². The van der Waals surface area contributed by atoms with Gasteiger partial charge in [0.05, 0.1) is 17.8 Å². The highest BCUT2D eigenvalue weighted by molar-refractivity contribution is 6.30. The maximum absolute atomic E-state index is 13.2. The Morgan fingerprint density at radius 2 is 1.88 bits per heavy atom. The molecule has 0 aromatic heterocycles. The summed E-state index contributed by atoms with van der Waals surface area (Å²) in [5.41, 5.74) is 1.23. The number of quaternary nitrogens is 1. The molecule has 2 N–H and O–H groups in total. The average Bonchev–Trinajstić information content (AvgIpc) is 2.61. The molecule has 1 unspecified atom stereocenters. The molecule has 2 atom stereocenters. The fourth-order valence-electron chi connectivity index (χ4n) is 3.26. The Balaban J connectivity index is 1.75. The van der Waals surface area contributed by atoms with Crippen molar-refractivity contribution in [3.8, 4) is 0 Å². The van der Waals surface area contributed by atoms with Crippen LogP contribution < -0.4 is 10.2 Å². The number of hydrogen-bond acceptors (Lipinski definition) is 1. The summed E-state index contributed by atoms with van der Waals surface area (Å²) >= 11 is 5.67. The molecule has 2 aromatic carbocycles. The van der Waals surface area contributed by atoms with Crippen molar-refractivity contribution in [2.45, 2.75) is 32.1 Å². The number of fused-ring (bicyclic) bond motifs is 1. The molecule has 1 aliphatic heterocycles. The predicted octanol–water partition coefficient (Wildman–Crippen LogP) is 3.33. The number of rotatable bonds is 3. The highest BCUT2D eigenvalue weighted by Gasteiger charge is 2.35. The molecule has 0 bridgehead atoms. The van der Waals surface area contributed by atoms with Crippen LogP contribution in [-0.4, -0.2) is 18.5 Å². The van der Waals surface area contributed by atoms with E-state index in [4.69, 9.17) is 11.6 Å². The third kappa shape index (κ3) is 4.02. The zero-order valence-electron chi connectivity index (χ0n) is 14.2. The predicted molar refractivity (Wildman–Crippen MR) is 94.2 cm³/mol. The quantitative estimate of drug-likeness (QED) is 0.837. The molecule has 0 saturated carbocycles. The number of nitrogens with one attached hydrogen (secondary N) is 2. The highest BCUT2D eigenvalue weighted by atomic mass is 35.5. The molecule has 0 fully saturated rings. The van der Waals surface area contributed by atoms with Gasteiger partial charge in [0.25, 0.3) is 5.91 Å². The normalized spacial score (nSPS) is 18.1. The lowest BCUT2D eigenvalue weighted by Crippen LogP contribution is -3.16. The number of benzene rings is 2. The number of amides is 1. The molecule has 1 heterocycles. The molecule has 0 aliphatic carbocycles. The summed E-state index contributed by atoms with van der Waals surface area (Å²) in [6.07, 6.45) is -3.74. The minimum Gasteiger partial charge on any atom is -0.321 e. The first-order chi connectivity index (χ1) is 12.3. The van der Waals surface area contributed by atoms with Crippen molar-refractivity contribution in [3.05, 3.63) is 64.2 Å². The lowest BCUT2D eigenvalue weighted by Gasteiger charge is -2.30. The fraction of sp³-hybridized carbons (Fsp3) is 0.316. The monoisotopic (exact) mass is 383 g/mol. The molecule has 0 saturated heterocycles. The van der Waals surface area contributed by atoms with Crippen molar-refractivity contribution in [1.29, 1.82) is 0 Å². The van der Waals surface area contributed by atoms with Gasteiger partial charge in [-0.05, 0) is 30.7 Å². The molecule has 7 heteroatoms. The minimum absolute atomic E-state index is 0.0263. The topological polar surface area (TPSA) is 33.5 Å².